The lowest BCUT2D eigenvalue weighted by Gasteiger charge is -2.10. The van der Waals surface area contributed by atoms with Crippen LogP contribution in [0.3, 0.4) is 0 Å². The minimum atomic E-state index is -1.02. The molecular formula is C9H11ClFNO2. The molecule has 0 amide bonds. The summed E-state index contributed by atoms with van der Waals surface area (Å²) >= 11 is 0. The Morgan fingerprint density at radius 2 is 2.21 bits per heavy atom. The number of rotatable bonds is 3. The lowest BCUT2D eigenvalue weighted by Crippen LogP contribution is -2.24. The second-order valence-corrected chi connectivity index (χ2v) is 2.61. The number of hydrogen-bond donors (Lipinski definition) is 2. The lowest BCUT2D eigenvalue weighted by molar-refractivity contribution is -0.139. The number of benzene rings is 1. The lowest BCUT2D eigenvalue weighted by atomic mass is 10.1. The van der Waals surface area contributed by atoms with Crippen LogP contribution in [0.2, 0.25) is 0 Å². The molecule has 1 aromatic carbocycles. The molecule has 0 saturated heterocycles. The maximum absolute atomic E-state index is 12.7. The number of nitrogens with one attached hydrogen (secondary N) is 1. The van der Waals surface area contributed by atoms with Gasteiger partial charge < -0.3 is 10.4 Å². The van der Waals surface area contributed by atoms with E-state index in [0.29, 0.717) is 5.56 Å². The number of likely N-dealkylation sites (N-methyl/N-ethyl adjacent to an activating group) is 1. The molecule has 0 radical (unpaired) electrons. The van der Waals surface area contributed by atoms with Gasteiger partial charge in [-0.3, -0.25) is 4.79 Å². The Morgan fingerprint density at radius 1 is 1.57 bits per heavy atom. The van der Waals surface area contributed by atoms with E-state index in [4.69, 9.17) is 5.11 Å². The fourth-order valence-electron chi connectivity index (χ4n) is 1.12. The summed E-state index contributed by atoms with van der Waals surface area (Å²) in [5.41, 5.74) is 0.412. The van der Waals surface area contributed by atoms with Crippen LogP contribution >= 0.6 is 12.4 Å². The van der Waals surface area contributed by atoms with Crippen molar-refractivity contribution in [1.29, 1.82) is 0 Å². The zero-order valence-electron chi connectivity index (χ0n) is 7.53. The third-order valence-corrected chi connectivity index (χ3v) is 1.72. The molecule has 0 heterocycles. The molecule has 0 fully saturated rings. The van der Waals surface area contributed by atoms with Crippen LogP contribution in [0, 0.1) is 5.82 Å². The number of halogens is 2. The van der Waals surface area contributed by atoms with Crippen LogP contribution in [0.5, 0.6) is 0 Å². The highest BCUT2D eigenvalue weighted by Gasteiger charge is 2.17. The van der Waals surface area contributed by atoms with Gasteiger partial charge in [-0.2, -0.15) is 0 Å². The van der Waals surface area contributed by atoms with Gasteiger partial charge in [-0.25, -0.2) is 4.39 Å². The predicted molar refractivity (Wildman–Crippen MR) is 53.1 cm³/mol. The van der Waals surface area contributed by atoms with E-state index >= 15 is 0 Å². The van der Waals surface area contributed by atoms with E-state index in [2.05, 4.69) is 5.32 Å². The Balaban J connectivity index is 0.00000169. The Labute approximate surface area is 87.4 Å². The smallest absolute Gasteiger partial charge is 0.325 e. The van der Waals surface area contributed by atoms with Crippen LogP contribution in [-0.4, -0.2) is 18.1 Å². The van der Waals surface area contributed by atoms with Gasteiger partial charge in [0.25, 0.3) is 0 Å². The van der Waals surface area contributed by atoms with E-state index in [1.165, 1.54) is 25.2 Å². The van der Waals surface area contributed by atoms with Crippen molar-refractivity contribution >= 4 is 18.4 Å². The van der Waals surface area contributed by atoms with E-state index in [9.17, 15) is 9.18 Å². The average molecular weight is 220 g/mol. The van der Waals surface area contributed by atoms with Crippen molar-refractivity contribution < 1.29 is 14.3 Å². The van der Waals surface area contributed by atoms with Crippen molar-refractivity contribution in [3.63, 3.8) is 0 Å². The first-order chi connectivity index (χ1) is 6.15. The maximum atomic E-state index is 12.7. The van der Waals surface area contributed by atoms with Gasteiger partial charge in [0.2, 0.25) is 0 Å². The molecule has 0 aliphatic rings. The van der Waals surface area contributed by atoms with Crippen LogP contribution in [-0.2, 0) is 4.79 Å². The predicted octanol–water partition coefficient (Wildman–Crippen LogP) is 1.59. The molecule has 1 rings (SSSR count). The standard InChI is InChI=1S/C9H10FNO2.ClH/c1-11-8(9(12)13)6-3-2-4-7(10)5-6;/h2-5,8,11H,1H3,(H,12,13);1H. The van der Waals surface area contributed by atoms with Crippen molar-refractivity contribution in [3.05, 3.63) is 35.6 Å². The molecule has 5 heteroatoms. The Morgan fingerprint density at radius 3 is 2.64 bits per heavy atom. The van der Waals surface area contributed by atoms with Gasteiger partial charge in [0.1, 0.15) is 11.9 Å². The van der Waals surface area contributed by atoms with Crippen molar-refractivity contribution in [1.82, 2.24) is 5.32 Å². The van der Waals surface area contributed by atoms with E-state index in [0.717, 1.165) is 0 Å². The summed E-state index contributed by atoms with van der Waals surface area (Å²) in [5, 5.41) is 11.3. The van der Waals surface area contributed by atoms with E-state index in [-0.39, 0.29) is 12.4 Å². The van der Waals surface area contributed by atoms with Crippen molar-refractivity contribution in [2.75, 3.05) is 7.05 Å². The SMILES string of the molecule is CNC(C(=O)O)c1cccc(F)c1.Cl. The highest BCUT2D eigenvalue weighted by molar-refractivity contribution is 5.85. The summed E-state index contributed by atoms with van der Waals surface area (Å²) in [5.74, 6) is -1.45. The molecule has 0 aliphatic carbocycles. The molecule has 1 unspecified atom stereocenters. The fourth-order valence-corrected chi connectivity index (χ4v) is 1.12. The molecule has 0 aliphatic heterocycles. The van der Waals surface area contributed by atoms with Gasteiger partial charge in [-0.15, -0.1) is 12.4 Å². The van der Waals surface area contributed by atoms with E-state index in [1.54, 1.807) is 6.07 Å². The molecule has 0 spiro atoms. The first-order valence-electron chi connectivity index (χ1n) is 3.80. The van der Waals surface area contributed by atoms with Gasteiger partial charge in [0, 0.05) is 0 Å². The largest absolute Gasteiger partial charge is 0.480 e. The summed E-state index contributed by atoms with van der Waals surface area (Å²) in [6, 6.07) is 4.68. The first kappa shape index (κ1) is 12.9. The highest BCUT2D eigenvalue weighted by Crippen LogP contribution is 2.13. The summed E-state index contributed by atoms with van der Waals surface area (Å²) in [7, 11) is 1.52. The fraction of sp³-hybridized carbons (Fsp3) is 0.222. The monoisotopic (exact) mass is 219 g/mol. The third-order valence-electron chi connectivity index (χ3n) is 1.72. The van der Waals surface area contributed by atoms with E-state index in [1.807, 2.05) is 0 Å². The first-order valence-corrected chi connectivity index (χ1v) is 3.80. The number of aliphatic carboxylic acids is 1. The van der Waals surface area contributed by atoms with Crippen LogP contribution in [0.4, 0.5) is 4.39 Å². The number of carbonyl (C=O) groups is 1. The zero-order chi connectivity index (χ0) is 9.84. The second kappa shape index (κ2) is 5.57. The molecule has 0 saturated carbocycles. The van der Waals surface area contributed by atoms with Gasteiger partial charge in [-0.05, 0) is 24.7 Å². The third kappa shape index (κ3) is 2.97. The summed E-state index contributed by atoms with van der Waals surface area (Å²) < 4.78 is 12.7. The molecule has 0 bridgehead atoms. The quantitative estimate of drug-likeness (QED) is 0.812. The van der Waals surface area contributed by atoms with Gasteiger partial charge in [0.15, 0.2) is 0 Å². The van der Waals surface area contributed by atoms with Crippen LogP contribution in [0.1, 0.15) is 11.6 Å². The van der Waals surface area contributed by atoms with Crippen LogP contribution < -0.4 is 5.32 Å². The van der Waals surface area contributed by atoms with Crippen LogP contribution in [0.25, 0.3) is 0 Å². The van der Waals surface area contributed by atoms with Gasteiger partial charge in [-0.1, -0.05) is 12.1 Å². The summed E-state index contributed by atoms with van der Waals surface area (Å²) in [6.45, 7) is 0. The minimum absolute atomic E-state index is 0. The number of hydrogen-bond acceptors (Lipinski definition) is 2. The molecule has 1 aromatic rings. The summed E-state index contributed by atoms with van der Waals surface area (Å²) in [6.07, 6.45) is 0. The van der Waals surface area contributed by atoms with Crippen molar-refractivity contribution in [2.45, 2.75) is 6.04 Å². The number of carboxylic acids is 1. The topological polar surface area (TPSA) is 49.3 Å². The molecular weight excluding hydrogens is 209 g/mol. The number of carboxylic acid groups (broad SMARTS) is 1. The molecule has 14 heavy (non-hydrogen) atoms. The minimum Gasteiger partial charge on any atom is -0.480 e. The van der Waals surface area contributed by atoms with Crippen molar-refractivity contribution in [3.8, 4) is 0 Å². The Kier molecular flexibility index (Phi) is 5.12. The zero-order valence-corrected chi connectivity index (χ0v) is 8.34. The normalized spacial score (nSPS) is 11.6. The van der Waals surface area contributed by atoms with Crippen molar-refractivity contribution in [2.24, 2.45) is 0 Å². The van der Waals surface area contributed by atoms with Gasteiger partial charge >= 0.3 is 5.97 Å². The average Bonchev–Trinajstić information content (AvgIpc) is 2.04. The van der Waals surface area contributed by atoms with E-state index < -0.39 is 17.8 Å². The Bertz CT molecular complexity index is 319. The molecule has 2 N–H and O–H groups in total. The molecule has 78 valence electrons. The maximum Gasteiger partial charge on any atom is 0.325 e. The van der Waals surface area contributed by atoms with Crippen LogP contribution in [0.15, 0.2) is 24.3 Å². The molecule has 1 atom stereocenters. The second-order valence-electron chi connectivity index (χ2n) is 2.61. The molecule has 0 aromatic heterocycles. The highest BCUT2D eigenvalue weighted by atomic mass is 35.5. The summed E-state index contributed by atoms with van der Waals surface area (Å²) in [4.78, 5) is 10.7. The molecule has 3 nitrogen and oxygen atoms in total. The van der Waals surface area contributed by atoms with Gasteiger partial charge in [0.05, 0.1) is 0 Å². The Hall–Kier alpha value is -1.13.